The highest BCUT2D eigenvalue weighted by Crippen LogP contribution is 2.31. The van der Waals surface area contributed by atoms with Crippen LogP contribution < -0.4 is 4.74 Å². The third kappa shape index (κ3) is 3.17. The zero-order valence-electron chi connectivity index (χ0n) is 13.1. The highest BCUT2D eigenvalue weighted by atomic mass is 35.5. The van der Waals surface area contributed by atoms with E-state index < -0.39 is 0 Å². The Hall–Kier alpha value is -2.07. The van der Waals surface area contributed by atoms with Crippen molar-refractivity contribution in [2.24, 2.45) is 0 Å². The monoisotopic (exact) mass is 332 g/mol. The van der Waals surface area contributed by atoms with E-state index in [1.54, 1.807) is 19.4 Å². The highest BCUT2D eigenvalue weighted by Gasteiger charge is 2.14. The number of aryl methyl sites for hydroxylation is 3. The molecule has 0 unspecified atom stereocenters. The van der Waals surface area contributed by atoms with Crippen LogP contribution in [-0.2, 0) is 13.0 Å². The summed E-state index contributed by atoms with van der Waals surface area (Å²) in [4.78, 5) is 3.98. The van der Waals surface area contributed by atoms with Crippen LogP contribution in [0.2, 0.25) is 5.15 Å². The smallest absolute Gasteiger partial charge is 0.147 e. The highest BCUT2D eigenvalue weighted by molar-refractivity contribution is 6.29. The summed E-state index contributed by atoms with van der Waals surface area (Å²) in [6.07, 6.45) is 3.47. The van der Waals surface area contributed by atoms with Crippen molar-refractivity contribution < 1.29 is 9.13 Å². The van der Waals surface area contributed by atoms with E-state index in [0.29, 0.717) is 16.4 Å². The van der Waals surface area contributed by atoms with Crippen molar-refractivity contribution >= 4 is 22.5 Å². The van der Waals surface area contributed by atoms with Gasteiger partial charge in [0.25, 0.3) is 0 Å². The summed E-state index contributed by atoms with van der Waals surface area (Å²) in [5.74, 6) is 0.477. The molecule has 3 rings (SSSR count). The van der Waals surface area contributed by atoms with E-state index >= 15 is 0 Å². The van der Waals surface area contributed by atoms with E-state index in [1.165, 1.54) is 6.07 Å². The molecular weight excluding hydrogens is 315 g/mol. The fourth-order valence-electron chi connectivity index (χ4n) is 2.95. The fraction of sp³-hybridized carbons (Fsp3) is 0.278. The second kappa shape index (κ2) is 6.59. The molecule has 0 aliphatic heterocycles. The van der Waals surface area contributed by atoms with Crippen molar-refractivity contribution in [2.45, 2.75) is 26.3 Å². The van der Waals surface area contributed by atoms with Crippen LogP contribution in [0, 0.1) is 12.7 Å². The van der Waals surface area contributed by atoms with Crippen LogP contribution in [0.4, 0.5) is 4.39 Å². The summed E-state index contributed by atoms with van der Waals surface area (Å²) in [5, 5.41) is 1.32. The number of benzene rings is 1. The van der Waals surface area contributed by atoms with Gasteiger partial charge in [-0.3, -0.25) is 0 Å². The van der Waals surface area contributed by atoms with Crippen molar-refractivity contribution in [3.05, 3.63) is 58.8 Å². The maximum absolute atomic E-state index is 14.3. The number of pyridine rings is 1. The minimum atomic E-state index is -0.221. The summed E-state index contributed by atoms with van der Waals surface area (Å²) < 4.78 is 21.6. The molecule has 0 aliphatic rings. The molecule has 0 saturated heterocycles. The minimum absolute atomic E-state index is 0.221. The molecule has 0 fully saturated rings. The first-order chi connectivity index (χ1) is 11.1. The summed E-state index contributed by atoms with van der Waals surface area (Å²) in [6, 6.07) is 8.92. The number of methoxy groups -OCH3 is 1. The number of ether oxygens (including phenoxy) is 1. The van der Waals surface area contributed by atoms with Gasteiger partial charge in [0.05, 0.1) is 12.6 Å². The van der Waals surface area contributed by atoms with Crippen LogP contribution in [0.15, 0.2) is 36.5 Å². The number of halogens is 2. The van der Waals surface area contributed by atoms with Gasteiger partial charge in [-0.1, -0.05) is 11.6 Å². The molecule has 0 bridgehead atoms. The predicted octanol–water partition coefficient (Wildman–Crippen LogP) is 4.78. The summed E-state index contributed by atoms with van der Waals surface area (Å²) >= 11 is 5.90. The number of rotatable bonds is 5. The number of aromatic nitrogens is 2. The van der Waals surface area contributed by atoms with E-state index in [1.807, 2.05) is 29.7 Å². The average Bonchev–Trinajstić information content (AvgIpc) is 2.86. The normalized spacial score (nSPS) is 11.1. The van der Waals surface area contributed by atoms with Crippen LogP contribution in [0.1, 0.15) is 17.7 Å². The Morgan fingerprint density at radius 1 is 1.26 bits per heavy atom. The SMILES string of the molecule is COc1ccc(F)c2c1cc(C)n2CCCc1ccnc(Cl)c1. The van der Waals surface area contributed by atoms with Gasteiger partial charge < -0.3 is 9.30 Å². The molecule has 2 aromatic heterocycles. The zero-order chi connectivity index (χ0) is 16.4. The van der Waals surface area contributed by atoms with Crippen molar-refractivity contribution in [2.75, 3.05) is 7.11 Å². The standard InChI is InChI=1S/C18H18ClFN2O/c1-12-10-14-16(23-2)6-5-15(20)18(14)22(12)9-3-4-13-7-8-21-17(19)11-13/h5-8,10-11H,3-4,9H2,1-2H3. The average molecular weight is 333 g/mol. The lowest BCUT2D eigenvalue weighted by Gasteiger charge is -2.10. The fourth-order valence-corrected chi connectivity index (χ4v) is 3.14. The number of fused-ring (bicyclic) bond motifs is 1. The lowest BCUT2D eigenvalue weighted by molar-refractivity contribution is 0.419. The van der Waals surface area contributed by atoms with Gasteiger partial charge in [0, 0.05) is 23.8 Å². The largest absolute Gasteiger partial charge is 0.496 e. The molecule has 5 heteroatoms. The van der Waals surface area contributed by atoms with E-state index in [9.17, 15) is 4.39 Å². The molecule has 120 valence electrons. The molecule has 0 atom stereocenters. The quantitative estimate of drug-likeness (QED) is 0.629. The Labute approximate surface area is 139 Å². The third-order valence-corrected chi connectivity index (χ3v) is 4.24. The Morgan fingerprint density at radius 2 is 2.09 bits per heavy atom. The van der Waals surface area contributed by atoms with Crippen molar-refractivity contribution in [1.82, 2.24) is 9.55 Å². The van der Waals surface area contributed by atoms with Crippen LogP contribution in [0.5, 0.6) is 5.75 Å². The molecular formula is C18H18ClFN2O. The van der Waals surface area contributed by atoms with E-state index in [-0.39, 0.29) is 5.82 Å². The van der Waals surface area contributed by atoms with Gasteiger partial charge in [-0.25, -0.2) is 9.37 Å². The predicted molar refractivity (Wildman–Crippen MR) is 90.8 cm³/mol. The molecule has 2 heterocycles. The number of nitrogens with zero attached hydrogens (tertiary/aromatic N) is 2. The first kappa shape index (κ1) is 15.8. The minimum Gasteiger partial charge on any atom is -0.496 e. The maximum atomic E-state index is 14.3. The Kier molecular flexibility index (Phi) is 4.53. The van der Waals surface area contributed by atoms with Crippen molar-refractivity contribution in [1.29, 1.82) is 0 Å². The van der Waals surface area contributed by atoms with Crippen LogP contribution >= 0.6 is 11.6 Å². The van der Waals surface area contributed by atoms with E-state index in [0.717, 1.165) is 36.0 Å². The second-order valence-electron chi connectivity index (χ2n) is 5.54. The van der Waals surface area contributed by atoms with Gasteiger partial charge in [0.1, 0.15) is 16.7 Å². The van der Waals surface area contributed by atoms with Gasteiger partial charge in [-0.05, 0) is 55.7 Å². The lowest BCUT2D eigenvalue weighted by Crippen LogP contribution is -2.03. The van der Waals surface area contributed by atoms with Crippen molar-refractivity contribution in [3.8, 4) is 5.75 Å². The van der Waals surface area contributed by atoms with E-state index in [4.69, 9.17) is 16.3 Å². The van der Waals surface area contributed by atoms with Gasteiger partial charge in [-0.2, -0.15) is 0 Å². The molecule has 0 spiro atoms. The Bertz CT molecular complexity index is 844. The van der Waals surface area contributed by atoms with Gasteiger partial charge in [0.15, 0.2) is 0 Å². The summed E-state index contributed by atoms with van der Waals surface area (Å²) in [7, 11) is 1.60. The Balaban J connectivity index is 1.84. The first-order valence-corrected chi connectivity index (χ1v) is 7.90. The van der Waals surface area contributed by atoms with E-state index in [2.05, 4.69) is 4.98 Å². The molecule has 23 heavy (non-hydrogen) atoms. The number of hydrogen-bond donors (Lipinski definition) is 0. The number of hydrogen-bond acceptors (Lipinski definition) is 2. The van der Waals surface area contributed by atoms with Crippen molar-refractivity contribution in [3.63, 3.8) is 0 Å². The van der Waals surface area contributed by atoms with Gasteiger partial charge in [0.2, 0.25) is 0 Å². The molecule has 1 aromatic carbocycles. The second-order valence-corrected chi connectivity index (χ2v) is 5.93. The lowest BCUT2D eigenvalue weighted by atomic mass is 10.1. The zero-order valence-corrected chi connectivity index (χ0v) is 13.9. The summed E-state index contributed by atoms with van der Waals surface area (Å²) in [5.41, 5.74) is 2.77. The van der Waals surface area contributed by atoms with Gasteiger partial charge >= 0.3 is 0 Å². The molecule has 3 aromatic rings. The topological polar surface area (TPSA) is 27.1 Å². The molecule has 0 N–H and O–H groups in total. The molecule has 0 aliphatic carbocycles. The molecule has 0 saturated carbocycles. The third-order valence-electron chi connectivity index (χ3n) is 4.03. The van der Waals surface area contributed by atoms with Crippen LogP contribution in [0.3, 0.4) is 0 Å². The molecule has 0 radical (unpaired) electrons. The molecule has 3 nitrogen and oxygen atoms in total. The summed E-state index contributed by atoms with van der Waals surface area (Å²) in [6.45, 7) is 2.72. The van der Waals surface area contributed by atoms with Crippen LogP contribution in [-0.4, -0.2) is 16.7 Å². The van der Waals surface area contributed by atoms with Crippen LogP contribution in [0.25, 0.3) is 10.9 Å². The molecule has 0 amide bonds. The van der Waals surface area contributed by atoms with Gasteiger partial charge in [-0.15, -0.1) is 0 Å². The Morgan fingerprint density at radius 3 is 2.83 bits per heavy atom. The maximum Gasteiger partial charge on any atom is 0.147 e. The first-order valence-electron chi connectivity index (χ1n) is 7.53.